The molecule has 0 spiro atoms. The van der Waals surface area contributed by atoms with E-state index in [0.717, 1.165) is 16.7 Å². The zero-order valence-corrected chi connectivity index (χ0v) is 21.5. The van der Waals surface area contributed by atoms with Gasteiger partial charge in [-0.05, 0) is 51.0 Å². The Morgan fingerprint density at radius 2 is 1.83 bits per heavy atom. The number of esters is 2. The summed E-state index contributed by atoms with van der Waals surface area (Å²) in [6.45, 7) is 7.85. The Morgan fingerprint density at radius 3 is 2.33 bits per heavy atom. The molecule has 0 radical (unpaired) electrons. The van der Waals surface area contributed by atoms with Gasteiger partial charge in [0.1, 0.15) is 10.8 Å². The molecule has 0 bridgehead atoms. The van der Waals surface area contributed by atoms with Crippen LogP contribution in [0.1, 0.15) is 44.2 Å². The number of fused-ring (bicyclic) bond motifs is 1. The van der Waals surface area contributed by atoms with Crippen LogP contribution in [0.15, 0.2) is 71.4 Å². The molecule has 2 heterocycles. The third kappa shape index (κ3) is 4.91. The Kier molecular flexibility index (Phi) is 7.54. The maximum absolute atomic E-state index is 13.3. The van der Waals surface area contributed by atoms with E-state index in [9.17, 15) is 14.0 Å². The quantitative estimate of drug-likeness (QED) is 0.343. The fourth-order valence-electron chi connectivity index (χ4n) is 4.77. The molecule has 1 aliphatic heterocycles. The van der Waals surface area contributed by atoms with Crippen LogP contribution in [0.2, 0.25) is 0 Å². The van der Waals surface area contributed by atoms with E-state index in [2.05, 4.69) is 10.3 Å². The van der Waals surface area contributed by atoms with E-state index in [0.29, 0.717) is 16.3 Å². The van der Waals surface area contributed by atoms with E-state index in [-0.39, 0.29) is 25.0 Å². The molecule has 1 aromatic carbocycles. The van der Waals surface area contributed by atoms with Gasteiger partial charge in [0.15, 0.2) is 0 Å². The van der Waals surface area contributed by atoms with Gasteiger partial charge in [-0.15, -0.1) is 11.3 Å². The van der Waals surface area contributed by atoms with E-state index in [4.69, 9.17) is 9.47 Å². The third-order valence-electron chi connectivity index (χ3n) is 6.44. The zero-order chi connectivity index (χ0) is 25.9. The van der Waals surface area contributed by atoms with Crippen LogP contribution in [-0.2, 0) is 24.6 Å². The maximum Gasteiger partial charge on any atom is 0.336 e. The van der Waals surface area contributed by atoms with Crippen LogP contribution in [0, 0.1) is 11.7 Å². The lowest BCUT2D eigenvalue weighted by Crippen LogP contribution is -2.55. The van der Waals surface area contributed by atoms with E-state index in [1.165, 1.54) is 17.4 Å². The highest BCUT2D eigenvalue weighted by atomic mass is 32.1. The van der Waals surface area contributed by atoms with Crippen molar-refractivity contribution >= 4 is 23.3 Å². The number of allylic oxidation sites excluding steroid dienone is 1. The van der Waals surface area contributed by atoms with Crippen LogP contribution in [-0.4, -0.2) is 30.1 Å². The third-order valence-corrected chi connectivity index (χ3v) is 7.30. The number of hydrogen-bond donors (Lipinski definition) is 1. The van der Waals surface area contributed by atoms with Crippen molar-refractivity contribution in [2.45, 2.75) is 39.2 Å². The topological polar surface area (TPSA) is 77.5 Å². The summed E-state index contributed by atoms with van der Waals surface area (Å²) in [7, 11) is 0. The molecule has 2 aliphatic carbocycles. The Hall–Kier alpha value is -3.52. The van der Waals surface area contributed by atoms with Crippen LogP contribution < -0.4 is 5.32 Å². The van der Waals surface area contributed by atoms with Gasteiger partial charge in [0.2, 0.25) is 0 Å². The van der Waals surface area contributed by atoms with E-state index in [1.807, 2.05) is 55.6 Å². The SMILES string of the molecule is CCOC(=O)C1=C(C)NC(C)(c2ccccc2)C(C(=O)OCC)C1c1nccs1.Fc1ccc2cc1-2. The Bertz CT molecular complexity index is 1280. The Balaban J connectivity index is 0.000000367. The molecular weight excluding hydrogens is 479 g/mol. The summed E-state index contributed by atoms with van der Waals surface area (Å²) >= 11 is 1.42. The number of nitrogens with one attached hydrogen (secondary N) is 1. The summed E-state index contributed by atoms with van der Waals surface area (Å²) in [5, 5.41) is 5.97. The molecule has 36 heavy (non-hydrogen) atoms. The molecule has 3 atom stereocenters. The highest BCUT2D eigenvalue weighted by Gasteiger charge is 2.54. The van der Waals surface area contributed by atoms with Crippen molar-refractivity contribution in [1.29, 1.82) is 0 Å². The molecule has 0 saturated heterocycles. The number of carbonyl (C=O) groups is 2. The first kappa shape index (κ1) is 25.6. The number of carbonyl (C=O) groups excluding carboxylic acids is 2. The molecule has 0 saturated carbocycles. The standard InChI is InChI=1S/C22H26N2O4S.C6H3F/c1-5-27-20(25)16-14(3)24-22(4,15-10-8-7-9-11-15)18(21(26)28-6-2)17(16)19-23-12-13-29-19;7-6-2-1-4-3-5(4)6/h7-13,17-18,24H,5-6H2,1-4H3;1-3H. The highest BCUT2D eigenvalue weighted by Crippen LogP contribution is 2.49. The Labute approximate surface area is 214 Å². The smallest absolute Gasteiger partial charge is 0.336 e. The largest absolute Gasteiger partial charge is 0.466 e. The van der Waals surface area contributed by atoms with Gasteiger partial charge >= 0.3 is 11.9 Å². The molecule has 0 amide bonds. The second-order valence-corrected chi connectivity index (χ2v) is 9.65. The van der Waals surface area contributed by atoms with Crippen molar-refractivity contribution < 1.29 is 23.5 Å². The van der Waals surface area contributed by atoms with Crippen LogP contribution >= 0.6 is 11.3 Å². The molecule has 8 heteroatoms. The number of benzene rings is 2. The van der Waals surface area contributed by atoms with Gasteiger partial charge in [-0.1, -0.05) is 36.4 Å². The summed E-state index contributed by atoms with van der Waals surface area (Å²) in [5.74, 6) is -2.16. The fourth-order valence-corrected chi connectivity index (χ4v) is 5.55. The molecule has 5 rings (SSSR count). The van der Waals surface area contributed by atoms with Crippen molar-refractivity contribution in [3.63, 3.8) is 0 Å². The van der Waals surface area contributed by atoms with E-state index >= 15 is 0 Å². The zero-order valence-electron chi connectivity index (χ0n) is 20.7. The van der Waals surface area contributed by atoms with Crippen molar-refractivity contribution in [3.05, 3.63) is 87.8 Å². The minimum atomic E-state index is -0.788. The van der Waals surface area contributed by atoms with E-state index in [1.54, 1.807) is 26.1 Å². The average molecular weight is 509 g/mol. The van der Waals surface area contributed by atoms with Crippen molar-refractivity contribution in [2.24, 2.45) is 5.92 Å². The molecule has 3 unspecified atom stereocenters. The minimum absolute atomic E-state index is 0.0741. The van der Waals surface area contributed by atoms with Crippen molar-refractivity contribution in [2.75, 3.05) is 13.2 Å². The van der Waals surface area contributed by atoms with Gasteiger partial charge in [0.05, 0.1) is 36.2 Å². The first-order valence-electron chi connectivity index (χ1n) is 11.9. The maximum atomic E-state index is 13.3. The lowest BCUT2D eigenvalue weighted by atomic mass is 9.67. The first-order chi connectivity index (χ1) is 17.3. The van der Waals surface area contributed by atoms with Crippen LogP contribution in [0.25, 0.3) is 11.1 Å². The second-order valence-electron chi connectivity index (χ2n) is 8.72. The summed E-state index contributed by atoms with van der Waals surface area (Å²) in [4.78, 5) is 30.6. The van der Waals surface area contributed by atoms with Crippen LogP contribution in [0.3, 0.4) is 0 Å². The molecule has 0 fully saturated rings. The van der Waals surface area contributed by atoms with Gasteiger partial charge in [-0.3, -0.25) is 4.79 Å². The van der Waals surface area contributed by atoms with Gasteiger partial charge in [-0.2, -0.15) is 0 Å². The lowest BCUT2D eigenvalue weighted by Gasteiger charge is -2.46. The van der Waals surface area contributed by atoms with Gasteiger partial charge in [-0.25, -0.2) is 14.2 Å². The Morgan fingerprint density at radius 1 is 1.11 bits per heavy atom. The molecule has 2 aromatic rings. The molecule has 6 nitrogen and oxygen atoms in total. The summed E-state index contributed by atoms with van der Waals surface area (Å²) in [5.41, 5.74) is 3.12. The molecule has 1 N–H and O–H groups in total. The van der Waals surface area contributed by atoms with Crippen molar-refractivity contribution in [3.8, 4) is 11.1 Å². The molecular formula is C28H29FN2O4S. The minimum Gasteiger partial charge on any atom is -0.466 e. The monoisotopic (exact) mass is 508 g/mol. The number of nitrogens with zero attached hydrogens (tertiary/aromatic N) is 1. The summed E-state index contributed by atoms with van der Waals surface area (Å²) < 4.78 is 22.9. The predicted octanol–water partition coefficient (Wildman–Crippen LogP) is 5.57. The molecule has 1 aromatic heterocycles. The number of halogens is 1. The first-order valence-corrected chi connectivity index (χ1v) is 12.8. The van der Waals surface area contributed by atoms with Crippen LogP contribution in [0.4, 0.5) is 4.39 Å². The fraction of sp³-hybridized carbons (Fsp3) is 0.321. The van der Waals surface area contributed by atoms with Gasteiger partial charge in [0, 0.05) is 22.8 Å². The summed E-state index contributed by atoms with van der Waals surface area (Å²) in [6, 6.07) is 14.8. The molecule has 188 valence electrons. The lowest BCUT2D eigenvalue weighted by molar-refractivity contribution is -0.152. The number of rotatable bonds is 6. The van der Waals surface area contributed by atoms with Gasteiger partial charge in [0.25, 0.3) is 0 Å². The highest BCUT2D eigenvalue weighted by molar-refractivity contribution is 7.09. The predicted molar refractivity (Wildman–Crippen MR) is 137 cm³/mol. The van der Waals surface area contributed by atoms with Gasteiger partial charge < -0.3 is 14.8 Å². The molecule has 3 aliphatic rings. The number of hydrogen-bond acceptors (Lipinski definition) is 7. The number of ether oxygens (including phenoxy) is 2. The number of thiazole rings is 1. The van der Waals surface area contributed by atoms with E-state index < -0.39 is 23.3 Å². The summed E-state index contributed by atoms with van der Waals surface area (Å²) in [6.07, 6.45) is 1.68. The van der Waals surface area contributed by atoms with Crippen LogP contribution in [0.5, 0.6) is 0 Å². The normalized spacial score (nSPS) is 21.6. The second kappa shape index (κ2) is 10.6. The number of aromatic nitrogens is 1. The van der Waals surface area contributed by atoms with Crippen molar-refractivity contribution in [1.82, 2.24) is 10.3 Å². The average Bonchev–Trinajstić information content (AvgIpc) is 3.26.